The van der Waals surface area contributed by atoms with Gasteiger partial charge in [0.1, 0.15) is 0 Å². The monoisotopic (exact) mass is 471 g/mol. The van der Waals surface area contributed by atoms with Gasteiger partial charge in [-0.1, -0.05) is 13.8 Å². The molecule has 0 rings (SSSR count). The molecule has 0 saturated carbocycles. The molecule has 0 aromatic heterocycles. The molecule has 0 bridgehead atoms. The predicted molar refractivity (Wildman–Crippen MR) is 83.3 cm³/mol. The van der Waals surface area contributed by atoms with Gasteiger partial charge in [-0.15, -0.1) is 0 Å². The van der Waals surface area contributed by atoms with Crippen LogP contribution in [0.3, 0.4) is 0 Å². The van der Waals surface area contributed by atoms with Crippen molar-refractivity contribution in [1.29, 1.82) is 0 Å². The first-order chi connectivity index (χ1) is 7.90. The van der Waals surface area contributed by atoms with Crippen molar-refractivity contribution in [2.75, 3.05) is 21.2 Å². The average molecular weight is 471 g/mol. The fraction of sp³-hybridized carbons (Fsp3) is 0.778. The second kappa shape index (κ2) is 11.4. The Morgan fingerprint density at radius 2 is 1.53 bits per heavy atom. The van der Waals surface area contributed by atoms with Crippen LogP contribution in [0.5, 0.6) is 0 Å². The lowest BCUT2D eigenvalue weighted by molar-refractivity contribution is -0.141. The van der Waals surface area contributed by atoms with E-state index in [1.165, 1.54) is 7.11 Å². The summed E-state index contributed by atoms with van der Waals surface area (Å²) in [7, 11) is 4.78. The molecule has 0 spiro atoms. The molecule has 2 amide bonds. The summed E-state index contributed by atoms with van der Waals surface area (Å²) in [5.41, 5.74) is 4.80. The van der Waals surface area contributed by atoms with Gasteiger partial charge >= 0.3 is 0 Å². The lowest BCUT2D eigenvalue weighted by Gasteiger charge is -2.20. The third-order valence-electron chi connectivity index (χ3n) is 2.11. The van der Waals surface area contributed by atoms with Crippen molar-refractivity contribution in [3.05, 3.63) is 0 Å². The smallest absolute Gasteiger partial charge is 0.247 e. The SMILES string of the molecule is CONC(=O)C(C)[C@@H](C)C(=O)NN(C)C.II. The Kier molecular flexibility index (Phi) is 13.2. The molecule has 17 heavy (non-hydrogen) atoms. The summed E-state index contributed by atoms with van der Waals surface area (Å²) in [6.07, 6.45) is 0. The van der Waals surface area contributed by atoms with E-state index in [0.29, 0.717) is 0 Å². The van der Waals surface area contributed by atoms with Crippen LogP contribution in [-0.4, -0.2) is 38.0 Å². The summed E-state index contributed by atoms with van der Waals surface area (Å²) in [5.74, 6) is -1.36. The highest BCUT2D eigenvalue weighted by molar-refractivity contribution is 15.0. The lowest BCUT2D eigenvalue weighted by Crippen LogP contribution is -2.44. The van der Waals surface area contributed by atoms with Crippen LogP contribution in [0.4, 0.5) is 0 Å². The van der Waals surface area contributed by atoms with Gasteiger partial charge < -0.3 is 0 Å². The molecule has 8 heteroatoms. The molecule has 0 fully saturated rings. The van der Waals surface area contributed by atoms with Crippen molar-refractivity contribution >= 4 is 49.0 Å². The number of hydrazine groups is 1. The zero-order chi connectivity index (χ0) is 14.0. The third kappa shape index (κ3) is 8.97. The van der Waals surface area contributed by atoms with Gasteiger partial charge in [0.05, 0.1) is 7.11 Å². The first kappa shape index (κ1) is 19.7. The number of hydrogen-bond donors (Lipinski definition) is 2. The van der Waals surface area contributed by atoms with Gasteiger partial charge in [-0.3, -0.25) is 19.9 Å². The molecule has 2 N–H and O–H groups in total. The van der Waals surface area contributed by atoms with E-state index in [9.17, 15) is 9.59 Å². The molecule has 102 valence electrons. The number of hydroxylamine groups is 1. The lowest BCUT2D eigenvalue weighted by atomic mass is 9.95. The van der Waals surface area contributed by atoms with Crippen LogP contribution in [0.25, 0.3) is 0 Å². The maximum atomic E-state index is 11.5. The van der Waals surface area contributed by atoms with Gasteiger partial charge in [-0.05, 0) is 0 Å². The number of carbonyl (C=O) groups is 2. The minimum atomic E-state index is -0.440. The van der Waals surface area contributed by atoms with Crippen LogP contribution in [0.15, 0.2) is 0 Å². The number of halogens is 2. The van der Waals surface area contributed by atoms with E-state index in [4.69, 9.17) is 0 Å². The molecule has 0 aliphatic rings. The average Bonchev–Trinajstić information content (AvgIpc) is 2.29. The highest BCUT2D eigenvalue weighted by Crippen LogP contribution is 2.11. The summed E-state index contributed by atoms with van der Waals surface area (Å²) < 4.78 is 0. The second-order valence-corrected chi connectivity index (χ2v) is 3.62. The van der Waals surface area contributed by atoms with E-state index >= 15 is 0 Å². The molecular weight excluding hydrogens is 452 g/mol. The Balaban J connectivity index is 0. The van der Waals surface area contributed by atoms with Crippen molar-refractivity contribution in [3.8, 4) is 0 Å². The van der Waals surface area contributed by atoms with Gasteiger partial charge in [-0.25, -0.2) is 10.5 Å². The fourth-order valence-corrected chi connectivity index (χ4v) is 0.970. The largest absolute Gasteiger partial charge is 0.289 e. The van der Waals surface area contributed by atoms with Crippen LogP contribution in [-0.2, 0) is 14.4 Å². The molecule has 6 nitrogen and oxygen atoms in total. The number of rotatable bonds is 5. The Bertz CT molecular complexity index is 240. The Morgan fingerprint density at radius 3 is 1.88 bits per heavy atom. The van der Waals surface area contributed by atoms with Gasteiger partial charge in [0.25, 0.3) is 0 Å². The predicted octanol–water partition coefficient (Wildman–Crippen LogP) is 1.30. The third-order valence-corrected chi connectivity index (χ3v) is 2.11. The molecule has 0 aliphatic carbocycles. The van der Waals surface area contributed by atoms with Crippen molar-refractivity contribution in [1.82, 2.24) is 15.9 Å². The van der Waals surface area contributed by atoms with Gasteiger partial charge in [0.15, 0.2) is 0 Å². The summed E-state index contributed by atoms with van der Waals surface area (Å²) in [5, 5.41) is 1.54. The number of nitrogens with zero attached hydrogens (tertiary/aromatic N) is 1. The van der Waals surface area contributed by atoms with Crippen LogP contribution in [0.2, 0.25) is 0 Å². The summed E-state index contributed by atoms with van der Waals surface area (Å²) >= 11 is 4.24. The Labute approximate surface area is 125 Å². The first-order valence-electron chi connectivity index (χ1n) is 4.85. The van der Waals surface area contributed by atoms with Gasteiger partial charge in [0.2, 0.25) is 11.8 Å². The zero-order valence-corrected chi connectivity index (χ0v) is 14.9. The van der Waals surface area contributed by atoms with Gasteiger partial charge in [0, 0.05) is 63.2 Å². The molecule has 1 unspecified atom stereocenters. The maximum Gasteiger partial charge on any atom is 0.247 e. The molecule has 2 atom stereocenters. The molecule has 0 aliphatic heterocycles. The van der Waals surface area contributed by atoms with Crippen molar-refractivity contribution in [3.63, 3.8) is 0 Å². The Morgan fingerprint density at radius 1 is 1.12 bits per heavy atom. The molecule has 0 heterocycles. The summed E-state index contributed by atoms with van der Waals surface area (Å²) in [6.45, 7) is 3.37. The summed E-state index contributed by atoms with van der Waals surface area (Å²) in [4.78, 5) is 27.4. The first-order valence-corrected chi connectivity index (χ1v) is 11.1. The molecular formula is C9H19I2N3O3. The minimum absolute atomic E-state index is 0.196. The highest BCUT2D eigenvalue weighted by Gasteiger charge is 2.26. The molecule has 0 radical (unpaired) electrons. The van der Waals surface area contributed by atoms with E-state index in [-0.39, 0.29) is 11.8 Å². The van der Waals surface area contributed by atoms with Crippen LogP contribution in [0.1, 0.15) is 13.8 Å². The van der Waals surface area contributed by atoms with Crippen molar-refractivity contribution < 1.29 is 14.4 Å². The highest BCUT2D eigenvalue weighted by atomic mass is 128. The van der Waals surface area contributed by atoms with E-state index in [1.807, 2.05) is 0 Å². The Hall–Kier alpha value is 0.320. The van der Waals surface area contributed by atoms with Crippen molar-refractivity contribution in [2.45, 2.75) is 13.8 Å². The standard InChI is InChI=1S/C9H19N3O3.I2/c1-6(8(13)10-12(3)4)7(2)9(14)11-15-5;1-2/h6-7H,1-5H3,(H,10,13)(H,11,14);/t6-,7?;/m1./s1. The minimum Gasteiger partial charge on any atom is -0.289 e. The van der Waals surface area contributed by atoms with Crippen LogP contribution >= 0.6 is 37.2 Å². The quantitative estimate of drug-likeness (QED) is 0.469. The van der Waals surface area contributed by atoms with E-state index in [0.717, 1.165) is 0 Å². The van der Waals surface area contributed by atoms with Gasteiger partial charge in [-0.2, -0.15) is 0 Å². The number of amides is 2. The zero-order valence-electron chi connectivity index (χ0n) is 10.6. The molecule has 0 saturated heterocycles. The molecule has 0 aromatic carbocycles. The topological polar surface area (TPSA) is 70.7 Å². The summed E-state index contributed by atoms with van der Waals surface area (Å²) in [6, 6.07) is 0. The van der Waals surface area contributed by atoms with Crippen LogP contribution in [0, 0.1) is 11.8 Å². The fourth-order valence-electron chi connectivity index (χ4n) is 0.970. The maximum absolute atomic E-state index is 11.5. The number of nitrogens with one attached hydrogen (secondary N) is 2. The van der Waals surface area contributed by atoms with Crippen LogP contribution < -0.4 is 10.9 Å². The normalized spacial score (nSPS) is 13.2. The van der Waals surface area contributed by atoms with E-state index in [1.54, 1.807) is 33.0 Å². The number of hydrogen-bond acceptors (Lipinski definition) is 4. The number of carbonyl (C=O) groups excluding carboxylic acids is 2. The second-order valence-electron chi connectivity index (χ2n) is 3.62. The van der Waals surface area contributed by atoms with Crippen molar-refractivity contribution in [2.24, 2.45) is 11.8 Å². The van der Waals surface area contributed by atoms with E-state index in [2.05, 4.69) is 53.0 Å². The molecule has 0 aromatic rings. The van der Waals surface area contributed by atoms with E-state index < -0.39 is 11.8 Å².